The van der Waals surface area contributed by atoms with E-state index in [9.17, 15) is 0 Å². The number of hydrogen-bond acceptors (Lipinski definition) is 5. The van der Waals surface area contributed by atoms with Crippen molar-refractivity contribution in [1.29, 1.82) is 0 Å². The summed E-state index contributed by atoms with van der Waals surface area (Å²) in [5, 5.41) is 6.11. The molecule has 0 aliphatic rings. The first-order chi connectivity index (χ1) is 11.0. The smallest absolute Gasteiger partial charge is 0.258 e. The molecule has 0 saturated carbocycles. The van der Waals surface area contributed by atoms with Crippen molar-refractivity contribution in [3.63, 3.8) is 0 Å². The summed E-state index contributed by atoms with van der Waals surface area (Å²) >= 11 is 13.7. The summed E-state index contributed by atoms with van der Waals surface area (Å²) < 4.78 is 13.2. The first-order valence-electron chi connectivity index (χ1n) is 8.24. The van der Waals surface area contributed by atoms with E-state index in [0.717, 1.165) is 30.2 Å². The lowest BCUT2D eigenvalue weighted by Gasteiger charge is -2.17. The number of nitrogens with zero attached hydrogens (tertiary/aromatic N) is 2. The van der Waals surface area contributed by atoms with Crippen molar-refractivity contribution in [2.24, 2.45) is 0 Å². The standard InChI is InChI=1S/C15H28ClN2O2PS2/c1-5-8-9-10-11-18-15(23-12-6-2)13(16)14(17-18)20-21(22,7-3)19-4/h5-12H2,1-4H3. The second-order valence-corrected chi connectivity index (χ2v) is 10.8. The normalized spacial score (nSPS) is 14.0. The topological polar surface area (TPSA) is 36.3 Å². The van der Waals surface area contributed by atoms with E-state index >= 15 is 0 Å². The zero-order valence-corrected chi connectivity index (χ0v) is 17.8. The Morgan fingerprint density at radius 1 is 1.22 bits per heavy atom. The highest BCUT2D eigenvalue weighted by atomic mass is 35.5. The number of hydrogen-bond donors (Lipinski definition) is 0. The quantitative estimate of drug-likeness (QED) is 0.246. The first kappa shape index (κ1) is 21.3. The molecule has 1 aromatic heterocycles. The first-order valence-corrected chi connectivity index (χ1v) is 12.4. The van der Waals surface area contributed by atoms with Gasteiger partial charge in [-0.2, -0.15) is 0 Å². The maximum Gasteiger partial charge on any atom is 0.258 e. The van der Waals surface area contributed by atoms with Gasteiger partial charge in [-0.1, -0.05) is 51.6 Å². The molecule has 0 spiro atoms. The van der Waals surface area contributed by atoms with Crippen LogP contribution in [0.4, 0.5) is 0 Å². The van der Waals surface area contributed by atoms with Crippen LogP contribution >= 0.6 is 29.9 Å². The van der Waals surface area contributed by atoms with Gasteiger partial charge in [0.15, 0.2) is 0 Å². The second kappa shape index (κ2) is 11.0. The summed E-state index contributed by atoms with van der Waals surface area (Å²) in [6, 6.07) is 0. The fourth-order valence-corrected chi connectivity index (χ4v) is 4.35. The molecule has 23 heavy (non-hydrogen) atoms. The number of rotatable bonds is 12. The van der Waals surface area contributed by atoms with E-state index in [1.54, 1.807) is 18.9 Å². The molecule has 1 rings (SSSR count). The van der Waals surface area contributed by atoms with E-state index in [1.807, 2.05) is 11.6 Å². The van der Waals surface area contributed by atoms with Crippen molar-refractivity contribution in [2.45, 2.75) is 64.4 Å². The minimum Gasteiger partial charge on any atom is -0.422 e. The average molecular weight is 399 g/mol. The Balaban J connectivity index is 2.94. The third kappa shape index (κ3) is 6.58. The molecule has 0 aromatic carbocycles. The lowest BCUT2D eigenvalue weighted by atomic mass is 10.2. The summed E-state index contributed by atoms with van der Waals surface area (Å²) in [5.74, 6) is 1.43. The third-order valence-electron chi connectivity index (χ3n) is 3.38. The summed E-state index contributed by atoms with van der Waals surface area (Å²) in [4.78, 5) is 0. The molecule has 1 aromatic rings. The molecule has 1 atom stereocenters. The maximum absolute atomic E-state index is 6.51. The lowest BCUT2D eigenvalue weighted by Crippen LogP contribution is -2.03. The molecule has 0 saturated heterocycles. The highest BCUT2D eigenvalue weighted by Crippen LogP contribution is 2.50. The number of thioether (sulfide) groups is 1. The fourth-order valence-electron chi connectivity index (χ4n) is 2.00. The van der Waals surface area contributed by atoms with Gasteiger partial charge in [-0.3, -0.25) is 4.68 Å². The van der Waals surface area contributed by atoms with Crippen LogP contribution in [0.15, 0.2) is 5.03 Å². The minimum atomic E-state index is -2.34. The average Bonchev–Trinajstić information content (AvgIpc) is 2.84. The van der Waals surface area contributed by atoms with E-state index in [4.69, 9.17) is 32.5 Å². The SMILES string of the molecule is CCCCCCn1nc(OP(=S)(CC)OC)c(Cl)c1SCCC. The van der Waals surface area contributed by atoms with Gasteiger partial charge in [0.2, 0.25) is 6.49 Å². The van der Waals surface area contributed by atoms with E-state index in [0.29, 0.717) is 17.1 Å². The van der Waals surface area contributed by atoms with Crippen molar-refractivity contribution in [1.82, 2.24) is 9.78 Å². The Kier molecular flexibility index (Phi) is 10.2. The Morgan fingerprint density at radius 3 is 2.52 bits per heavy atom. The fraction of sp³-hybridized carbons (Fsp3) is 0.800. The van der Waals surface area contributed by atoms with Gasteiger partial charge >= 0.3 is 0 Å². The Morgan fingerprint density at radius 2 is 1.96 bits per heavy atom. The molecule has 1 unspecified atom stereocenters. The molecule has 0 N–H and O–H groups in total. The molecule has 8 heteroatoms. The van der Waals surface area contributed by atoms with Crippen LogP contribution in [-0.4, -0.2) is 28.8 Å². The molecule has 0 bridgehead atoms. The Bertz CT molecular complexity index is 518. The van der Waals surface area contributed by atoms with Crippen molar-refractivity contribution in [3.8, 4) is 5.88 Å². The molecule has 0 aliphatic carbocycles. The molecule has 1 heterocycles. The zero-order valence-electron chi connectivity index (χ0n) is 14.5. The second-order valence-electron chi connectivity index (χ2n) is 5.26. The van der Waals surface area contributed by atoms with Crippen molar-refractivity contribution < 1.29 is 9.05 Å². The Labute approximate surface area is 154 Å². The zero-order chi connectivity index (χ0) is 17.3. The van der Waals surface area contributed by atoms with Crippen LogP contribution < -0.4 is 4.52 Å². The molecular formula is C15H28ClN2O2PS2. The van der Waals surface area contributed by atoms with Crippen molar-refractivity contribution in [2.75, 3.05) is 19.0 Å². The van der Waals surface area contributed by atoms with Crippen LogP contribution in [-0.2, 0) is 22.9 Å². The number of aromatic nitrogens is 2. The molecule has 0 amide bonds. The van der Waals surface area contributed by atoms with Gasteiger partial charge in [-0.15, -0.1) is 16.9 Å². The summed E-state index contributed by atoms with van der Waals surface area (Å²) in [7, 11) is 1.59. The van der Waals surface area contributed by atoms with Crippen LogP contribution in [0, 0.1) is 0 Å². The number of halogens is 1. The monoisotopic (exact) mass is 398 g/mol. The van der Waals surface area contributed by atoms with Crippen molar-refractivity contribution >= 4 is 41.7 Å². The Hall–Kier alpha value is 0.260. The number of aryl methyl sites for hydroxylation is 1. The van der Waals surface area contributed by atoms with Crippen LogP contribution in [0.1, 0.15) is 52.9 Å². The largest absolute Gasteiger partial charge is 0.422 e. The number of unbranched alkanes of at least 4 members (excludes halogenated alkanes) is 3. The van der Waals surface area contributed by atoms with Gasteiger partial charge < -0.3 is 9.05 Å². The lowest BCUT2D eigenvalue weighted by molar-refractivity contribution is 0.384. The molecule has 0 fully saturated rings. The predicted octanol–water partition coefficient (Wildman–Crippen LogP) is 5.97. The van der Waals surface area contributed by atoms with E-state index in [-0.39, 0.29) is 0 Å². The highest BCUT2D eigenvalue weighted by Gasteiger charge is 2.24. The summed E-state index contributed by atoms with van der Waals surface area (Å²) in [5.41, 5.74) is 0. The van der Waals surface area contributed by atoms with Gasteiger partial charge in [0, 0.05) is 19.8 Å². The molecular weight excluding hydrogens is 371 g/mol. The van der Waals surface area contributed by atoms with Crippen LogP contribution in [0.25, 0.3) is 0 Å². The van der Waals surface area contributed by atoms with Gasteiger partial charge in [0.1, 0.15) is 10.0 Å². The molecule has 0 radical (unpaired) electrons. The minimum absolute atomic E-state index is 0.424. The van der Waals surface area contributed by atoms with Crippen LogP contribution in [0.2, 0.25) is 5.02 Å². The third-order valence-corrected chi connectivity index (χ3v) is 8.36. The van der Waals surface area contributed by atoms with Gasteiger partial charge in [0.05, 0.1) is 0 Å². The van der Waals surface area contributed by atoms with Gasteiger partial charge in [-0.25, -0.2) is 0 Å². The highest BCUT2D eigenvalue weighted by molar-refractivity contribution is 8.10. The summed E-state index contributed by atoms with van der Waals surface area (Å²) in [6.45, 7) is 4.85. The van der Waals surface area contributed by atoms with E-state index in [2.05, 4.69) is 18.9 Å². The van der Waals surface area contributed by atoms with Crippen LogP contribution in [0.3, 0.4) is 0 Å². The van der Waals surface area contributed by atoms with Gasteiger partial charge in [-0.05, 0) is 30.4 Å². The maximum atomic E-state index is 6.51. The van der Waals surface area contributed by atoms with Gasteiger partial charge in [0.25, 0.3) is 5.88 Å². The van der Waals surface area contributed by atoms with Crippen molar-refractivity contribution in [3.05, 3.63) is 5.02 Å². The van der Waals surface area contributed by atoms with Crippen LogP contribution in [0.5, 0.6) is 5.88 Å². The predicted molar refractivity (Wildman–Crippen MR) is 105 cm³/mol. The van der Waals surface area contributed by atoms with E-state index < -0.39 is 6.49 Å². The summed E-state index contributed by atoms with van der Waals surface area (Å²) in [6.07, 6.45) is 6.50. The molecule has 134 valence electrons. The molecule has 4 nitrogen and oxygen atoms in total. The van der Waals surface area contributed by atoms with E-state index in [1.165, 1.54) is 19.3 Å². The molecule has 0 aliphatic heterocycles.